The summed E-state index contributed by atoms with van der Waals surface area (Å²) in [5.74, 6) is 1.12. The van der Waals surface area contributed by atoms with Crippen molar-refractivity contribution in [2.24, 2.45) is 0 Å². The highest BCUT2D eigenvalue weighted by atomic mass is 32.2. The van der Waals surface area contributed by atoms with E-state index in [9.17, 15) is 4.79 Å². The van der Waals surface area contributed by atoms with Crippen molar-refractivity contribution in [3.8, 4) is 0 Å². The molecule has 0 spiro atoms. The Hall–Kier alpha value is -1.30. The van der Waals surface area contributed by atoms with E-state index >= 15 is 0 Å². The van der Waals surface area contributed by atoms with Crippen LogP contribution in [0.3, 0.4) is 0 Å². The van der Waals surface area contributed by atoms with Crippen LogP contribution in [0.4, 0.5) is 5.82 Å². The third-order valence-electron chi connectivity index (χ3n) is 2.60. The fraction of sp³-hybridized carbons (Fsp3) is 0.545. The fourth-order valence-electron chi connectivity index (χ4n) is 1.50. The van der Waals surface area contributed by atoms with Crippen LogP contribution in [0.5, 0.6) is 0 Å². The Balaban J connectivity index is 2.77. The van der Waals surface area contributed by atoms with Crippen molar-refractivity contribution in [1.82, 2.24) is 15.1 Å². The van der Waals surface area contributed by atoms with Gasteiger partial charge >= 0.3 is 0 Å². The van der Waals surface area contributed by atoms with Gasteiger partial charge in [0, 0.05) is 18.8 Å². The largest absolute Gasteiger partial charge is 0.382 e. The van der Waals surface area contributed by atoms with Crippen molar-refractivity contribution in [3.05, 3.63) is 17.8 Å². The lowest BCUT2D eigenvalue weighted by Crippen LogP contribution is -2.38. The number of aromatic nitrogens is 2. The SMILES string of the molecule is CCC(CSC)N(C)C(=O)c1ccc(N)nn1. The lowest BCUT2D eigenvalue weighted by atomic mass is 10.2. The molecule has 6 heteroatoms. The number of nitrogen functional groups attached to an aromatic ring is 1. The van der Waals surface area contributed by atoms with Gasteiger partial charge in [-0.2, -0.15) is 11.8 Å². The zero-order valence-electron chi connectivity index (χ0n) is 10.4. The zero-order chi connectivity index (χ0) is 12.8. The minimum atomic E-state index is -0.113. The van der Waals surface area contributed by atoms with Gasteiger partial charge in [-0.05, 0) is 24.8 Å². The molecule has 0 radical (unpaired) electrons. The second-order valence-electron chi connectivity index (χ2n) is 3.78. The Labute approximate surface area is 106 Å². The molecule has 1 heterocycles. The summed E-state index contributed by atoms with van der Waals surface area (Å²) in [5.41, 5.74) is 5.77. The lowest BCUT2D eigenvalue weighted by molar-refractivity contribution is 0.0736. The molecule has 0 bridgehead atoms. The maximum Gasteiger partial charge on any atom is 0.274 e. The third-order valence-corrected chi connectivity index (χ3v) is 3.32. The summed E-state index contributed by atoms with van der Waals surface area (Å²) in [6.45, 7) is 2.07. The van der Waals surface area contributed by atoms with Crippen molar-refractivity contribution in [1.29, 1.82) is 0 Å². The molecule has 0 saturated carbocycles. The molecule has 0 aliphatic heterocycles. The van der Waals surface area contributed by atoms with E-state index in [1.807, 2.05) is 6.26 Å². The Morgan fingerprint density at radius 3 is 2.71 bits per heavy atom. The first-order chi connectivity index (χ1) is 8.10. The van der Waals surface area contributed by atoms with E-state index in [1.165, 1.54) is 0 Å². The predicted molar refractivity (Wildman–Crippen MR) is 71.0 cm³/mol. The number of anilines is 1. The number of amides is 1. The highest BCUT2D eigenvalue weighted by Crippen LogP contribution is 2.11. The Morgan fingerprint density at radius 1 is 1.53 bits per heavy atom. The summed E-state index contributed by atoms with van der Waals surface area (Å²) in [4.78, 5) is 13.8. The normalized spacial score (nSPS) is 12.2. The first-order valence-electron chi connectivity index (χ1n) is 5.45. The molecule has 17 heavy (non-hydrogen) atoms. The topological polar surface area (TPSA) is 72.1 Å². The van der Waals surface area contributed by atoms with Crippen LogP contribution in [-0.2, 0) is 0 Å². The number of carbonyl (C=O) groups is 1. The van der Waals surface area contributed by atoms with Gasteiger partial charge in [-0.25, -0.2) is 0 Å². The Bertz CT molecular complexity index is 368. The van der Waals surface area contributed by atoms with Crippen LogP contribution in [0.1, 0.15) is 23.8 Å². The van der Waals surface area contributed by atoms with E-state index in [-0.39, 0.29) is 11.9 Å². The van der Waals surface area contributed by atoms with Crippen molar-refractivity contribution >= 4 is 23.5 Å². The van der Waals surface area contributed by atoms with Gasteiger partial charge < -0.3 is 10.6 Å². The van der Waals surface area contributed by atoms with E-state index in [1.54, 1.807) is 35.8 Å². The summed E-state index contributed by atoms with van der Waals surface area (Å²) in [5, 5.41) is 7.49. The molecular weight excluding hydrogens is 236 g/mol. The summed E-state index contributed by atoms with van der Waals surface area (Å²) in [6.07, 6.45) is 2.95. The van der Waals surface area contributed by atoms with E-state index in [4.69, 9.17) is 5.73 Å². The standard InChI is InChI=1S/C11H18N4OS/c1-4-8(7-17-3)15(2)11(16)9-5-6-10(12)14-13-9/h5-6,8H,4,7H2,1-3H3,(H2,12,14). The van der Waals surface area contributed by atoms with Crippen LogP contribution in [0.15, 0.2) is 12.1 Å². The first kappa shape index (κ1) is 13.8. The first-order valence-corrected chi connectivity index (χ1v) is 6.84. The summed E-state index contributed by atoms with van der Waals surface area (Å²) in [7, 11) is 1.80. The average molecular weight is 254 g/mol. The molecule has 0 aromatic carbocycles. The van der Waals surface area contributed by atoms with Gasteiger partial charge in [0.25, 0.3) is 5.91 Å². The monoisotopic (exact) mass is 254 g/mol. The molecule has 1 amide bonds. The molecule has 1 rings (SSSR count). The van der Waals surface area contributed by atoms with Crippen molar-refractivity contribution in [3.63, 3.8) is 0 Å². The molecular formula is C11H18N4OS. The van der Waals surface area contributed by atoms with Crippen molar-refractivity contribution in [2.45, 2.75) is 19.4 Å². The highest BCUT2D eigenvalue weighted by molar-refractivity contribution is 7.98. The minimum Gasteiger partial charge on any atom is -0.382 e. The van der Waals surface area contributed by atoms with Crippen molar-refractivity contribution in [2.75, 3.05) is 24.8 Å². The van der Waals surface area contributed by atoms with Gasteiger partial charge in [0.15, 0.2) is 5.69 Å². The zero-order valence-corrected chi connectivity index (χ0v) is 11.2. The second-order valence-corrected chi connectivity index (χ2v) is 4.69. The second kappa shape index (κ2) is 6.44. The van der Waals surface area contributed by atoms with Crippen LogP contribution < -0.4 is 5.73 Å². The number of rotatable bonds is 5. The minimum absolute atomic E-state index is 0.113. The van der Waals surface area contributed by atoms with Gasteiger partial charge in [0.05, 0.1) is 0 Å². The van der Waals surface area contributed by atoms with Gasteiger partial charge in [-0.1, -0.05) is 6.92 Å². The number of nitrogens with zero attached hydrogens (tertiary/aromatic N) is 3. The van der Waals surface area contributed by atoms with Crippen LogP contribution in [0.25, 0.3) is 0 Å². The van der Waals surface area contributed by atoms with Gasteiger partial charge in [-0.15, -0.1) is 10.2 Å². The Morgan fingerprint density at radius 2 is 2.24 bits per heavy atom. The maximum absolute atomic E-state index is 12.1. The number of hydrogen-bond donors (Lipinski definition) is 1. The average Bonchev–Trinajstić information content (AvgIpc) is 2.35. The maximum atomic E-state index is 12.1. The summed E-state index contributed by atoms with van der Waals surface area (Å²) in [6, 6.07) is 3.41. The Kier molecular flexibility index (Phi) is 5.21. The number of hydrogen-bond acceptors (Lipinski definition) is 5. The smallest absolute Gasteiger partial charge is 0.274 e. The van der Waals surface area contributed by atoms with E-state index in [0.717, 1.165) is 12.2 Å². The van der Waals surface area contributed by atoms with E-state index in [0.29, 0.717) is 11.5 Å². The summed E-state index contributed by atoms with van der Waals surface area (Å²) < 4.78 is 0. The van der Waals surface area contributed by atoms with Crippen LogP contribution >= 0.6 is 11.8 Å². The summed E-state index contributed by atoms with van der Waals surface area (Å²) >= 11 is 1.73. The molecule has 1 aromatic rings. The molecule has 0 aliphatic rings. The molecule has 1 aromatic heterocycles. The van der Waals surface area contributed by atoms with Gasteiger partial charge in [0.1, 0.15) is 5.82 Å². The van der Waals surface area contributed by atoms with Crippen LogP contribution in [-0.4, -0.2) is 46.1 Å². The third kappa shape index (κ3) is 3.59. The fourth-order valence-corrected chi connectivity index (χ4v) is 2.34. The highest BCUT2D eigenvalue weighted by Gasteiger charge is 2.20. The van der Waals surface area contributed by atoms with Crippen LogP contribution in [0.2, 0.25) is 0 Å². The molecule has 2 N–H and O–H groups in total. The molecule has 0 aliphatic carbocycles. The molecule has 0 fully saturated rings. The van der Waals surface area contributed by atoms with E-state index < -0.39 is 0 Å². The van der Waals surface area contributed by atoms with Gasteiger partial charge in [-0.3, -0.25) is 4.79 Å². The lowest BCUT2D eigenvalue weighted by Gasteiger charge is -2.26. The molecule has 1 unspecified atom stereocenters. The number of thioether (sulfide) groups is 1. The predicted octanol–water partition coefficient (Wildman–Crippen LogP) is 1.27. The molecule has 5 nitrogen and oxygen atoms in total. The molecule has 1 atom stereocenters. The van der Waals surface area contributed by atoms with Gasteiger partial charge in [0.2, 0.25) is 0 Å². The number of nitrogens with two attached hydrogens (primary N) is 1. The quantitative estimate of drug-likeness (QED) is 0.856. The van der Waals surface area contributed by atoms with E-state index in [2.05, 4.69) is 17.1 Å². The van der Waals surface area contributed by atoms with Crippen molar-refractivity contribution < 1.29 is 4.79 Å². The molecule has 94 valence electrons. The van der Waals surface area contributed by atoms with Crippen LogP contribution in [0, 0.1) is 0 Å². The number of carbonyl (C=O) groups excluding carboxylic acids is 1. The molecule has 0 saturated heterocycles.